The second kappa shape index (κ2) is 5.81. The van der Waals surface area contributed by atoms with Crippen LogP contribution in [0.25, 0.3) is 5.65 Å². The lowest BCUT2D eigenvalue weighted by Gasteiger charge is -2.32. The van der Waals surface area contributed by atoms with Gasteiger partial charge in [-0.05, 0) is 24.6 Å². The van der Waals surface area contributed by atoms with Gasteiger partial charge in [-0.15, -0.1) is 0 Å². The molecule has 0 bridgehead atoms. The monoisotopic (exact) mass is 317 g/mol. The Hall–Kier alpha value is -2.74. The summed E-state index contributed by atoms with van der Waals surface area (Å²) in [5.74, 6) is -1.81. The average molecular weight is 317 g/mol. The van der Waals surface area contributed by atoms with Crippen molar-refractivity contribution in [2.24, 2.45) is 0 Å². The van der Waals surface area contributed by atoms with Crippen molar-refractivity contribution in [1.82, 2.24) is 14.3 Å². The summed E-state index contributed by atoms with van der Waals surface area (Å²) in [6.45, 7) is 2.13. The number of carbonyl (C=O) groups excluding carboxylic acids is 1. The number of ether oxygens (including phenoxy) is 1. The first-order valence-electron chi connectivity index (χ1n) is 7.08. The standard InChI is InChI=1S/C15H15N3O5/c1-9-2-3-18-12(6-9)16-7-10(14(18)20)13(19)17-4-5-23-8-11(17)15(21)22/h2-3,6-7,11H,4-5,8H2,1H3,(H,21,22)/t11-/m0/s1. The second-order valence-electron chi connectivity index (χ2n) is 5.34. The van der Waals surface area contributed by atoms with Crippen LogP contribution in [0.15, 0.2) is 29.3 Å². The summed E-state index contributed by atoms with van der Waals surface area (Å²) >= 11 is 0. The van der Waals surface area contributed by atoms with Crippen LogP contribution in [-0.2, 0) is 9.53 Å². The minimum absolute atomic E-state index is 0.0946. The third kappa shape index (κ3) is 2.68. The Labute approximate surface area is 130 Å². The molecule has 1 atom stereocenters. The fraction of sp³-hybridized carbons (Fsp3) is 0.333. The van der Waals surface area contributed by atoms with Crippen LogP contribution in [-0.4, -0.2) is 57.1 Å². The number of rotatable bonds is 2. The number of morpholine rings is 1. The lowest BCUT2D eigenvalue weighted by molar-refractivity contribution is -0.147. The minimum atomic E-state index is -1.16. The van der Waals surface area contributed by atoms with E-state index in [1.54, 1.807) is 18.3 Å². The van der Waals surface area contributed by atoms with Gasteiger partial charge in [-0.2, -0.15) is 0 Å². The van der Waals surface area contributed by atoms with E-state index in [9.17, 15) is 19.5 Å². The van der Waals surface area contributed by atoms with Crippen LogP contribution in [0.4, 0.5) is 0 Å². The van der Waals surface area contributed by atoms with Gasteiger partial charge in [0.1, 0.15) is 11.2 Å². The van der Waals surface area contributed by atoms with Crippen LogP contribution < -0.4 is 5.56 Å². The summed E-state index contributed by atoms with van der Waals surface area (Å²) in [7, 11) is 0. The number of carboxylic acids is 1. The molecule has 3 heterocycles. The number of carboxylic acid groups (broad SMARTS) is 1. The minimum Gasteiger partial charge on any atom is -0.480 e. The largest absolute Gasteiger partial charge is 0.480 e. The topological polar surface area (TPSA) is 101 Å². The molecule has 0 aromatic carbocycles. The number of aliphatic carboxylic acids is 1. The van der Waals surface area contributed by atoms with Crippen molar-refractivity contribution >= 4 is 17.5 Å². The molecule has 8 heteroatoms. The third-order valence-corrected chi connectivity index (χ3v) is 3.77. The fourth-order valence-electron chi connectivity index (χ4n) is 2.53. The van der Waals surface area contributed by atoms with Crippen molar-refractivity contribution in [3.05, 3.63) is 46.0 Å². The van der Waals surface area contributed by atoms with E-state index in [-0.39, 0.29) is 25.3 Å². The van der Waals surface area contributed by atoms with E-state index in [0.717, 1.165) is 10.5 Å². The molecule has 0 spiro atoms. The molecule has 3 rings (SSSR count). The maximum absolute atomic E-state index is 12.6. The highest BCUT2D eigenvalue weighted by Crippen LogP contribution is 2.11. The van der Waals surface area contributed by atoms with E-state index in [1.165, 1.54) is 10.6 Å². The average Bonchev–Trinajstić information content (AvgIpc) is 2.54. The van der Waals surface area contributed by atoms with Crippen LogP contribution in [0.1, 0.15) is 15.9 Å². The zero-order valence-corrected chi connectivity index (χ0v) is 12.4. The molecular weight excluding hydrogens is 302 g/mol. The van der Waals surface area contributed by atoms with Crippen molar-refractivity contribution in [3.8, 4) is 0 Å². The van der Waals surface area contributed by atoms with E-state index in [4.69, 9.17) is 4.74 Å². The Morgan fingerprint density at radius 2 is 2.22 bits per heavy atom. The summed E-state index contributed by atoms with van der Waals surface area (Å²) < 4.78 is 6.37. The lowest BCUT2D eigenvalue weighted by atomic mass is 10.2. The normalized spacial score (nSPS) is 18.1. The van der Waals surface area contributed by atoms with Crippen molar-refractivity contribution in [2.45, 2.75) is 13.0 Å². The molecule has 1 aliphatic rings. The summed E-state index contributed by atoms with van der Waals surface area (Å²) in [6.07, 6.45) is 2.75. The van der Waals surface area contributed by atoms with E-state index < -0.39 is 23.5 Å². The van der Waals surface area contributed by atoms with Crippen LogP contribution in [0.3, 0.4) is 0 Å². The van der Waals surface area contributed by atoms with Gasteiger partial charge >= 0.3 is 5.97 Å². The van der Waals surface area contributed by atoms with Crippen LogP contribution in [0, 0.1) is 6.92 Å². The van der Waals surface area contributed by atoms with Gasteiger partial charge in [0.05, 0.1) is 13.2 Å². The highest BCUT2D eigenvalue weighted by atomic mass is 16.5. The molecule has 1 fully saturated rings. The van der Waals surface area contributed by atoms with Gasteiger partial charge in [0.15, 0.2) is 6.04 Å². The Balaban J connectivity index is 2.03. The smallest absolute Gasteiger partial charge is 0.328 e. The zero-order chi connectivity index (χ0) is 16.6. The van der Waals surface area contributed by atoms with E-state index in [0.29, 0.717) is 5.65 Å². The number of aryl methyl sites for hydroxylation is 1. The van der Waals surface area contributed by atoms with Crippen molar-refractivity contribution in [3.63, 3.8) is 0 Å². The van der Waals surface area contributed by atoms with Gasteiger partial charge in [0, 0.05) is 18.9 Å². The highest BCUT2D eigenvalue weighted by Gasteiger charge is 2.34. The van der Waals surface area contributed by atoms with Crippen LogP contribution in [0.2, 0.25) is 0 Å². The molecule has 0 saturated carbocycles. The molecule has 1 amide bonds. The number of hydrogen-bond donors (Lipinski definition) is 1. The Morgan fingerprint density at radius 3 is 2.96 bits per heavy atom. The van der Waals surface area contributed by atoms with E-state index in [1.807, 2.05) is 6.92 Å². The van der Waals surface area contributed by atoms with E-state index in [2.05, 4.69) is 4.98 Å². The molecule has 0 aliphatic carbocycles. The quantitative estimate of drug-likeness (QED) is 0.832. The van der Waals surface area contributed by atoms with Crippen LogP contribution in [0.5, 0.6) is 0 Å². The number of aromatic nitrogens is 2. The van der Waals surface area contributed by atoms with Crippen molar-refractivity contribution in [1.29, 1.82) is 0 Å². The number of pyridine rings is 1. The molecule has 1 aliphatic heterocycles. The van der Waals surface area contributed by atoms with Gasteiger partial charge in [-0.1, -0.05) is 0 Å². The number of amides is 1. The maximum Gasteiger partial charge on any atom is 0.328 e. The molecule has 1 saturated heterocycles. The summed E-state index contributed by atoms with van der Waals surface area (Å²) in [4.78, 5) is 41.6. The molecule has 2 aromatic rings. The second-order valence-corrected chi connectivity index (χ2v) is 5.34. The molecule has 120 valence electrons. The van der Waals surface area contributed by atoms with Gasteiger partial charge in [-0.3, -0.25) is 14.0 Å². The molecule has 2 aromatic heterocycles. The van der Waals surface area contributed by atoms with Gasteiger partial charge in [0.2, 0.25) is 0 Å². The third-order valence-electron chi connectivity index (χ3n) is 3.77. The van der Waals surface area contributed by atoms with Crippen molar-refractivity contribution in [2.75, 3.05) is 19.8 Å². The Kier molecular flexibility index (Phi) is 3.83. The molecule has 0 unspecified atom stereocenters. The number of carbonyl (C=O) groups is 2. The molecule has 1 N–H and O–H groups in total. The number of hydrogen-bond acceptors (Lipinski definition) is 5. The number of nitrogens with zero attached hydrogens (tertiary/aromatic N) is 3. The first-order chi connectivity index (χ1) is 11.0. The van der Waals surface area contributed by atoms with E-state index >= 15 is 0 Å². The van der Waals surface area contributed by atoms with Gasteiger partial charge in [0.25, 0.3) is 11.5 Å². The van der Waals surface area contributed by atoms with Crippen LogP contribution >= 0.6 is 0 Å². The predicted octanol–water partition coefficient (Wildman–Crippen LogP) is -0.0715. The first-order valence-corrected chi connectivity index (χ1v) is 7.08. The fourth-order valence-corrected chi connectivity index (χ4v) is 2.53. The lowest BCUT2D eigenvalue weighted by Crippen LogP contribution is -2.53. The predicted molar refractivity (Wildman–Crippen MR) is 79.5 cm³/mol. The van der Waals surface area contributed by atoms with Gasteiger partial charge in [-0.25, -0.2) is 9.78 Å². The highest BCUT2D eigenvalue weighted by molar-refractivity contribution is 5.96. The molecule has 8 nitrogen and oxygen atoms in total. The SMILES string of the molecule is Cc1ccn2c(=O)c(C(=O)N3CCOC[C@H]3C(=O)O)cnc2c1. The first kappa shape index (κ1) is 15.2. The molecular formula is C15H15N3O5. The summed E-state index contributed by atoms with van der Waals surface area (Å²) in [5, 5.41) is 9.20. The van der Waals surface area contributed by atoms with Crippen molar-refractivity contribution < 1.29 is 19.4 Å². The van der Waals surface area contributed by atoms with Gasteiger partial charge < -0.3 is 14.7 Å². The maximum atomic E-state index is 12.6. The number of fused-ring (bicyclic) bond motifs is 1. The summed E-state index contributed by atoms with van der Waals surface area (Å²) in [6, 6.07) is 2.36. The Morgan fingerprint density at radius 1 is 1.43 bits per heavy atom. The molecule has 0 radical (unpaired) electrons. The molecule has 23 heavy (non-hydrogen) atoms. The Bertz CT molecular complexity index is 845. The zero-order valence-electron chi connectivity index (χ0n) is 12.4. The summed E-state index contributed by atoms with van der Waals surface area (Å²) in [5.41, 5.74) is 0.702.